The molecule has 19 heavy (non-hydrogen) atoms. The van der Waals surface area contributed by atoms with Crippen LogP contribution in [-0.4, -0.2) is 47.8 Å². The number of aromatic amines is 1. The van der Waals surface area contributed by atoms with E-state index in [1.54, 1.807) is 5.01 Å². The highest BCUT2D eigenvalue weighted by Gasteiger charge is 2.30. The molecule has 0 bridgehead atoms. The predicted octanol–water partition coefficient (Wildman–Crippen LogP) is 0.0955. The molecule has 1 aliphatic rings. The van der Waals surface area contributed by atoms with Crippen LogP contribution in [0.4, 0.5) is 0 Å². The van der Waals surface area contributed by atoms with Crippen molar-refractivity contribution in [3.63, 3.8) is 0 Å². The van der Waals surface area contributed by atoms with Crippen LogP contribution >= 0.6 is 0 Å². The van der Waals surface area contributed by atoms with E-state index in [2.05, 4.69) is 15.0 Å². The summed E-state index contributed by atoms with van der Waals surface area (Å²) in [6.45, 7) is 2.72. The van der Waals surface area contributed by atoms with Gasteiger partial charge in [0.1, 0.15) is 4.90 Å². The summed E-state index contributed by atoms with van der Waals surface area (Å²) in [5.74, 6) is -1.37. The number of rotatable bonds is 4. The maximum atomic E-state index is 12.2. The van der Waals surface area contributed by atoms with Crippen LogP contribution in [0, 0.1) is 6.92 Å². The molecule has 1 aromatic rings. The lowest BCUT2D eigenvalue weighted by Crippen LogP contribution is -2.45. The van der Waals surface area contributed by atoms with Gasteiger partial charge in [0, 0.05) is 13.1 Å². The van der Waals surface area contributed by atoms with E-state index in [0.717, 1.165) is 19.3 Å². The molecule has 0 saturated carbocycles. The highest BCUT2D eigenvalue weighted by atomic mass is 32.2. The standard InChI is InChI=1S/C10H16N4O4S/c1-7-9(8(10(15)16)12-11-7)19(17,18)13-14-5-3-2-4-6-14/h13H,2-6H2,1H3,(H,11,12)(H,15,16). The molecule has 0 spiro atoms. The number of hydrogen-bond donors (Lipinski definition) is 3. The van der Waals surface area contributed by atoms with Gasteiger partial charge in [-0.3, -0.25) is 5.10 Å². The zero-order chi connectivity index (χ0) is 14.0. The molecule has 0 atom stereocenters. The zero-order valence-corrected chi connectivity index (χ0v) is 11.3. The van der Waals surface area contributed by atoms with Crippen molar-refractivity contribution in [2.75, 3.05) is 13.1 Å². The van der Waals surface area contributed by atoms with Gasteiger partial charge in [0.05, 0.1) is 5.69 Å². The fourth-order valence-electron chi connectivity index (χ4n) is 2.09. The number of carboxylic acid groups (broad SMARTS) is 1. The number of sulfonamides is 1. The van der Waals surface area contributed by atoms with Crippen molar-refractivity contribution in [3.8, 4) is 0 Å². The molecule has 1 aliphatic heterocycles. The first-order valence-electron chi connectivity index (χ1n) is 5.97. The van der Waals surface area contributed by atoms with Crippen molar-refractivity contribution in [1.82, 2.24) is 20.0 Å². The van der Waals surface area contributed by atoms with E-state index in [4.69, 9.17) is 5.11 Å². The van der Waals surface area contributed by atoms with Gasteiger partial charge in [-0.1, -0.05) is 6.42 Å². The third kappa shape index (κ3) is 2.94. The lowest BCUT2D eigenvalue weighted by Gasteiger charge is -2.26. The first-order chi connectivity index (χ1) is 8.92. The van der Waals surface area contributed by atoms with Crippen LogP contribution < -0.4 is 4.83 Å². The number of nitrogens with zero attached hydrogens (tertiary/aromatic N) is 2. The monoisotopic (exact) mass is 288 g/mol. The smallest absolute Gasteiger partial charge is 0.357 e. The van der Waals surface area contributed by atoms with Crippen LogP contribution in [0.1, 0.15) is 35.4 Å². The number of piperidine rings is 1. The molecular formula is C10H16N4O4S. The second kappa shape index (κ2) is 5.27. The molecule has 1 saturated heterocycles. The van der Waals surface area contributed by atoms with E-state index in [1.807, 2.05) is 0 Å². The molecule has 2 heterocycles. The number of carbonyl (C=O) groups is 1. The Balaban J connectivity index is 2.28. The van der Waals surface area contributed by atoms with Crippen LogP contribution in [0.3, 0.4) is 0 Å². The zero-order valence-electron chi connectivity index (χ0n) is 10.5. The molecule has 9 heteroatoms. The van der Waals surface area contributed by atoms with Crippen LogP contribution in [0.2, 0.25) is 0 Å². The minimum atomic E-state index is -3.92. The van der Waals surface area contributed by atoms with Gasteiger partial charge in [0.2, 0.25) is 0 Å². The molecule has 0 aromatic carbocycles. The minimum Gasteiger partial charge on any atom is -0.476 e. The van der Waals surface area contributed by atoms with Crippen LogP contribution in [0.15, 0.2) is 4.90 Å². The summed E-state index contributed by atoms with van der Waals surface area (Å²) in [5, 5.41) is 16.5. The number of carboxylic acids is 1. The van der Waals surface area contributed by atoms with Gasteiger partial charge in [-0.25, -0.2) is 18.2 Å². The Morgan fingerprint density at radius 1 is 1.37 bits per heavy atom. The number of aromatic carboxylic acids is 1. The Morgan fingerprint density at radius 2 is 2.00 bits per heavy atom. The van der Waals surface area contributed by atoms with Crippen molar-refractivity contribution in [2.24, 2.45) is 0 Å². The van der Waals surface area contributed by atoms with Gasteiger partial charge in [-0.15, -0.1) is 4.83 Å². The average molecular weight is 288 g/mol. The maximum Gasteiger partial charge on any atom is 0.357 e. The summed E-state index contributed by atoms with van der Waals surface area (Å²) in [4.78, 5) is 13.1. The number of hydrazine groups is 1. The lowest BCUT2D eigenvalue weighted by atomic mass is 10.2. The number of aromatic nitrogens is 2. The van der Waals surface area contributed by atoms with Crippen molar-refractivity contribution in [1.29, 1.82) is 0 Å². The van der Waals surface area contributed by atoms with Crippen LogP contribution in [0.5, 0.6) is 0 Å². The average Bonchev–Trinajstić information content (AvgIpc) is 2.73. The summed E-state index contributed by atoms with van der Waals surface area (Å²) in [5.41, 5.74) is -0.274. The summed E-state index contributed by atoms with van der Waals surface area (Å²) < 4.78 is 24.5. The predicted molar refractivity (Wildman–Crippen MR) is 66.0 cm³/mol. The van der Waals surface area contributed by atoms with Gasteiger partial charge < -0.3 is 5.11 Å². The lowest BCUT2D eigenvalue weighted by molar-refractivity contribution is 0.0686. The topological polar surface area (TPSA) is 115 Å². The Kier molecular flexibility index (Phi) is 3.88. The van der Waals surface area contributed by atoms with Crippen LogP contribution in [-0.2, 0) is 10.0 Å². The molecule has 0 radical (unpaired) electrons. The minimum absolute atomic E-state index is 0.210. The molecular weight excluding hydrogens is 272 g/mol. The maximum absolute atomic E-state index is 12.2. The summed E-state index contributed by atoms with van der Waals surface area (Å²) >= 11 is 0. The van der Waals surface area contributed by atoms with E-state index in [9.17, 15) is 13.2 Å². The Bertz CT molecular complexity index is 574. The first-order valence-corrected chi connectivity index (χ1v) is 7.46. The van der Waals surface area contributed by atoms with Crippen molar-refractivity contribution >= 4 is 16.0 Å². The first kappa shape index (κ1) is 14.0. The van der Waals surface area contributed by atoms with Crippen LogP contribution in [0.25, 0.3) is 0 Å². The molecule has 2 rings (SSSR count). The fraction of sp³-hybridized carbons (Fsp3) is 0.600. The second-order valence-corrected chi connectivity index (χ2v) is 6.07. The molecule has 8 nitrogen and oxygen atoms in total. The highest BCUT2D eigenvalue weighted by molar-refractivity contribution is 7.89. The van der Waals surface area contributed by atoms with Gasteiger partial charge >= 0.3 is 5.97 Å². The Morgan fingerprint density at radius 3 is 2.58 bits per heavy atom. The van der Waals surface area contributed by atoms with E-state index in [1.165, 1.54) is 6.92 Å². The van der Waals surface area contributed by atoms with E-state index >= 15 is 0 Å². The summed E-state index contributed by atoms with van der Waals surface area (Å²) in [6.07, 6.45) is 2.90. The third-order valence-electron chi connectivity index (χ3n) is 2.97. The number of H-pyrrole nitrogens is 1. The van der Waals surface area contributed by atoms with Gasteiger partial charge in [-0.05, 0) is 19.8 Å². The van der Waals surface area contributed by atoms with Crippen molar-refractivity contribution in [3.05, 3.63) is 11.4 Å². The SMILES string of the molecule is Cc1[nH]nc(C(=O)O)c1S(=O)(=O)NN1CCCCC1. The Hall–Kier alpha value is -1.45. The molecule has 0 aliphatic carbocycles. The molecule has 1 aromatic heterocycles. The van der Waals surface area contributed by atoms with Crippen molar-refractivity contribution < 1.29 is 18.3 Å². The fourth-order valence-corrected chi connectivity index (χ4v) is 3.54. The van der Waals surface area contributed by atoms with Gasteiger partial charge in [0.25, 0.3) is 10.0 Å². The molecule has 1 fully saturated rings. The molecule has 0 unspecified atom stereocenters. The van der Waals surface area contributed by atoms with Crippen molar-refractivity contribution in [2.45, 2.75) is 31.1 Å². The normalized spacial score (nSPS) is 17.5. The number of nitrogens with one attached hydrogen (secondary N) is 2. The molecule has 0 amide bonds. The van der Waals surface area contributed by atoms with Gasteiger partial charge in [-0.2, -0.15) is 5.10 Å². The quantitative estimate of drug-likeness (QED) is 0.723. The third-order valence-corrected chi connectivity index (χ3v) is 4.50. The highest BCUT2D eigenvalue weighted by Crippen LogP contribution is 2.18. The molecule has 106 valence electrons. The largest absolute Gasteiger partial charge is 0.476 e. The summed E-state index contributed by atoms with van der Waals surface area (Å²) in [6, 6.07) is 0. The van der Waals surface area contributed by atoms with Gasteiger partial charge in [0.15, 0.2) is 5.69 Å². The Labute approximate surface area is 110 Å². The second-order valence-electron chi connectivity index (χ2n) is 4.47. The molecule has 3 N–H and O–H groups in total. The van der Waals surface area contributed by atoms with E-state index < -0.39 is 21.7 Å². The summed E-state index contributed by atoms with van der Waals surface area (Å²) in [7, 11) is -3.92. The number of aryl methyl sites for hydroxylation is 1. The van der Waals surface area contributed by atoms with E-state index in [-0.39, 0.29) is 10.6 Å². The van der Waals surface area contributed by atoms with E-state index in [0.29, 0.717) is 13.1 Å². The number of hydrogen-bond acceptors (Lipinski definition) is 5.